The maximum atomic E-state index is 17.0. The Kier molecular flexibility index (Phi) is 18.7. The molecule has 2 unspecified atom stereocenters. The molecule has 3 aromatic heterocycles. The van der Waals surface area contributed by atoms with E-state index in [9.17, 15) is 24.3 Å². The number of aromatic nitrogens is 4. The molecule has 23 heteroatoms. The van der Waals surface area contributed by atoms with E-state index in [2.05, 4.69) is 48.0 Å². The van der Waals surface area contributed by atoms with E-state index in [1.54, 1.807) is 23.6 Å². The van der Waals surface area contributed by atoms with Gasteiger partial charge in [0.1, 0.15) is 35.7 Å². The molecule has 20 nitrogen and oxygen atoms in total. The van der Waals surface area contributed by atoms with Gasteiger partial charge < -0.3 is 46.0 Å². The molecule has 4 amide bonds. The van der Waals surface area contributed by atoms with Crippen LogP contribution in [-0.2, 0) is 30.5 Å². The van der Waals surface area contributed by atoms with Crippen LogP contribution in [0.3, 0.4) is 0 Å². The summed E-state index contributed by atoms with van der Waals surface area (Å²) in [6.45, 7) is 11.6. The Bertz CT molecular complexity index is 3360. The number of pyridine rings is 1. The van der Waals surface area contributed by atoms with E-state index in [4.69, 9.17) is 41.2 Å². The van der Waals surface area contributed by atoms with Crippen molar-refractivity contribution >= 4 is 80.5 Å². The molecule has 0 radical (unpaired) electrons. The van der Waals surface area contributed by atoms with Gasteiger partial charge in [0, 0.05) is 104 Å². The molecule has 0 aliphatic carbocycles. The van der Waals surface area contributed by atoms with E-state index < -0.39 is 41.2 Å². The summed E-state index contributed by atoms with van der Waals surface area (Å²) in [5, 5.41) is 32.7. The predicted molar refractivity (Wildman–Crippen MR) is 320 cm³/mol. The topological polar surface area (TPSA) is 248 Å². The lowest BCUT2D eigenvalue weighted by Crippen LogP contribution is -2.58. The Morgan fingerprint density at radius 1 is 0.929 bits per heavy atom. The van der Waals surface area contributed by atoms with Crippen LogP contribution in [0.1, 0.15) is 77.0 Å². The normalized spacial score (nSPS) is 22.4. The molecule has 0 spiro atoms. The quantitative estimate of drug-likeness (QED) is 0.0592. The minimum absolute atomic E-state index is 0.0299. The molecule has 2 bridgehead atoms. The Balaban J connectivity index is 0.00000257. The van der Waals surface area contributed by atoms with Crippen molar-refractivity contribution < 1.29 is 43.3 Å². The minimum atomic E-state index is -0.981. The lowest BCUT2D eigenvalue weighted by Gasteiger charge is -2.35. The number of fused-ring (bicyclic) bond motifs is 4. The number of thiazole rings is 1. The maximum absolute atomic E-state index is 17.0. The van der Waals surface area contributed by atoms with Crippen molar-refractivity contribution in [1.82, 2.24) is 55.9 Å². The number of aryl methyl sites for hydroxylation is 1. The van der Waals surface area contributed by atoms with Crippen LogP contribution in [0, 0.1) is 24.1 Å². The van der Waals surface area contributed by atoms with Crippen LogP contribution in [0.4, 0.5) is 10.2 Å². The molecule has 0 saturated carbocycles. The molecule has 5 aliphatic heterocycles. The Morgan fingerprint density at radius 2 is 1.64 bits per heavy atom. The van der Waals surface area contributed by atoms with E-state index in [1.807, 2.05) is 87.8 Å². The highest BCUT2D eigenvalue weighted by molar-refractivity contribution is 7.13. The van der Waals surface area contributed by atoms with Crippen molar-refractivity contribution in [1.29, 1.82) is 0 Å². The molecule has 7 atom stereocenters. The van der Waals surface area contributed by atoms with Gasteiger partial charge in [0.15, 0.2) is 5.82 Å². The third kappa shape index (κ3) is 13.4. The smallest absolute Gasteiger partial charge is 0.319 e. The first-order chi connectivity index (χ1) is 40.4. The van der Waals surface area contributed by atoms with Crippen LogP contribution in [0.25, 0.3) is 43.4 Å². The number of rotatable bonds is 16. The van der Waals surface area contributed by atoms with Gasteiger partial charge in [0.25, 0.3) is 6.47 Å². The molecule has 8 heterocycles. The molecule has 84 heavy (non-hydrogen) atoms. The first-order valence-corrected chi connectivity index (χ1v) is 30.2. The average molecular weight is 1190 g/mol. The van der Waals surface area contributed by atoms with Gasteiger partial charge in [-0.15, -0.1) is 11.3 Å². The number of halogens is 2. The van der Waals surface area contributed by atoms with E-state index in [0.717, 1.165) is 84.5 Å². The van der Waals surface area contributed by atoms with Crippen molar-refractivity contribution in [2.45, 2.75) is 122 Å². The summed E-state index contributed by atoms with van der Waals surface area (Å²) in [6, 6.07) is 18.3. The molecular weight excluding hydrogens is 1120 g/mol. The lowest BCUT2D eigenvalue weighted by atomic mass is 9.85. The summed E-state index contributed by atoms with van der Waals surface area (Å²) in [5.74, 6) is -1.47. The summed E-state index contributed by atoms with van der Waals surface area (Å²) >= 11 is 8.27. The molecular formula is C61H74ClFN12O8S. The number of nitrogens with one attached hydrogen (secondary N) is 4. The Hall–Kier alpha value is -6.95. The van der Waals surface area contributed by atoms with Crippen LogP contribution >= 0.6 is 22.9 Å². The minimum Gasteiger partial charge on any atom is -0.483 e. The van der Waals surface area contributed by atoms with Crippen LogP contribution < -0.4 is 30.9 Å². The summed E-state index contributed by atoms with van der Waals surface area (Å²) in [6.07, 6.45) is 5.16. The number of benzene rings is 3. The van der Waals surface area contributed by atoms with Crippen LogP contribution in [-0.4, -0.2) is 177 Å². The number of carboxylic acid groups (broad SMARTS) is 1. The zero-order valence-electron chi connectivity index (χ0n) is 48.0. The number of β-amino-alcohol motifs (C(OH)–C–C–N with tert-alkyl or cyclic N) is 1. The Labute approximate surface area is 496 Å². The second kappa shape index (κ2) is 26.1. The summed E-state index contributed by atoms with van der Waals surface area (Å²) in [4.78, 5) is 91.3. The number of anilines is 1. The van der Waals surface area contributed by atoms with Gasteiger partial charge in [-0.05, 0) is 87.2 Å². The molecule has 11 rings (SSSR count). The fourth-order valence-electron chi connectivity index (χ4n) is 12.6. The number of amides is 4. The van der Waals surface area contributed by atoms with Crippen LogP contribution in [0.2, 0.25) is 5.02 Å². The van der Waals surface area contributed by atoms with E-state index in [-0.39, 0.29) is 86.0 Å². The van der Waals surface area contributed by atoms with Crippen molar-refractivity contribution in [3.63, 3.8) is 0 Å². The molecule has 6 N–H and O–H groups in total. The maximum Gasteiger partial charge on any atom is 0.319 e. The summed E-state index contributed by atoms with van der Waals surface area (Å²) in [5.41, 5.74) is 4.88. The Morgan fingerprint density at radius 3 is 2.33 bits per heavy atom. The van der Waals surface area contributed by atoms with Crippen molar-refractivity contribution in [3.05, 3.63) is 94.5 Å². The zero-order chi connectivity index (χ0) is 59.4. The number of likely N-dealkylation sites (N-methyl/N-ethyl adjacent to an activating group) is 1. The highest BCUT2D eigenvalue weighted by Crippen LogP contribution is 2.39. The van der Waals surface area contributed by atoms with Gasteiger partial charge in [-0.1, -0.05) is 87.0 Å². The number of aliphatic hydroxyl groups excluding tert-OH is 1. The monoisotopic (exact) mass is 1190 g/mol. The number of ether oxygens (including phenoxy) is 1. The fraction of sp³-hybridized carbons (Fsp3) is 0.492. The van der Waals surface area contributed by atoms with Gasteiger partial charge in [0.05, 0.1) is 27.6 Å². The van der Waals surface area contributed by atoms with Crippen molar-refractivity contribution in [2.75, 3.05) is 64.4 Å². The summed E-state index contributed by atoms with van der Waals surface area (Å²) < 4.78 is 23.5. The van der Waals surface area contributed by atoms with Gasteiger partial charge >= 0.3 is 6.01 Å². The third-order valence-electron chi connectivity index (χ3n) is 17.1. The molecule has 446 valence electrons. The van der Waals surface area contributed by atoms with Gasteiger partial charge in [-0.3, -0.25) is 38.8 Å². The molecule has 5 aliphatic rings. The van der Waals surface area contributed by atoms with E-state index in [1.165, 1.54) is 4.90 Å². The lowest BCUT2D eigenvalue weighted by molar-refractivity contribution is -0.144. The van der Waals surface area contributed by atoms with Crippen molar-refractivity contribution in [2.24, 2.45) is 11.3 Å². The summed E-state index contributed by atoms with van der Waals surface area (Å²) in [7, 11) is 2.08. The number of piperazine rings is 1. The number of carbonyl (C=O) groups excluding carboxylic acids is 4. The number of hydrogen-bond donors (Lipinski definition) is 6. The highest BCUT2D eigenvalue weighted by Gasteiger charge is 2.45. The van der Waals surface area contributed by atoms with Gasteiger partial charge in [-0.2, -0.15) is 9.97 Å². The highest BCUT2D eigenvalue weighted by atomic mass is 35.5. The first kappa shape index (κ1) is 60.2. The van der Waals surface area contributed by atoms with Crippen molar-refractivity contribution in [3.8, 4) is 27.7 Å². The van der Waals surface area contributed by atoms with E-state index >= 15 is 4.39 Å². The number of piperidine rings is 1. The standard InChI is InChI=1S/C60H72ClFN12O6S.CH2O2/c1-34-53(81-33-66-34)37-14-12-35(13-15-37)26-65-57(78)47-25-43(75)31-74(47)58(79)54(60(2,3)4)68-48(76)18-21-63-56(77)38-19-22-72(23-20-38)41-24-42(71(5)30-41)32-80-59-69-52-45(55(70-59)73-28-39-16-17-40(29-73)67-39)27-64-51(50(52)62)44-10-6-8-36-9-7-11-46(61)49(36)44;2-1-3/h6-15,27,33,38-43,47,54,67,75H,16-26,28-32H2,1-5H3,(H,63,77)(H,65,78)(H,68,76);1H,(H,2,3)/t39?,40?,41-,42-,43+,47-,54+;/m0./s1. The molecule has 3 aromatic carbocycles. The zero-order valence-corrected chi connectivity index (χ0v) is 49.6. The fourth-order valence-corrected chi connectivity index (χ4v) is 13.7. The van der Waals surface area contributed by atoms with Crippen LogP contribution in [0.5, 0.6) is 6.01 Å². The van der Waals surface area contributed by atoms with Gasteiger partial charge in [-0.25, -0.2) is 9.37 Å². The second-order valence-electron chi connectivity index (χ2n) is 23.9. The number of carbonyl (C=O) groups is 5. The predicted octanol–water partition coefficient (Wildman–Crippen LogP) is 6.19. The average Bonchev–Trinajstić information content (AvgIpc) is 2.31. The SMILES string of the molecule is Cc1ncsc1-c1ccc(CNC(=O)[C@@H]2C[C@@H](O)CN2C(=O)[C@@H](NC(=O)CCNC(=O)C2CCN([C@H]3C[C@@H](COc4nc(N5CC6CCC(C5)N6)c5cnc(-c6cccc7cccc(Cl)c67)c(F)c5n4)N(C)C3)CC2)C(C)(C)C)cc1.O=CO. The number of hydrogen-bond acceptors (Lipinski definition) is 16. The molecule has 5 saturated heterocycles. The molecule has 5 fully saturated rings. The van der Waals surface area contributed by atoms with E-state index in [0.29, 0.717) is 53.3 Å². The number of aliphatic hydroxyl groups is 1. The molecule has 6 aromatic rings. The van der Waals surface area contributed by atoms with Crippen LogP contribution in [0.15, 0.2) is 72.4 Å². The third-order valence-corrected chi connectivity index (χ3v) is 18.4. The second-order valence-corrected chi connectivity index (χ2v) is 25.2. The number of likely N-dealkylation sites (tertiary alicyclic amines) is 3. The number of nitrogens with zero attached hydrogens (tertiary/aromatic N) is 8. The largest absolute Gasteiger partial charge is 0.483 e. The first-order valence-electron chi connectivity index (χ1n) is 28.9. The van der Waals surface area contributed by atoms with Gasteiger partial charge in [0.2, 0.25) is 23.6 Å².